The molecule has 0 aliphatic carbocycles. The Hall–Kier alpha value is -4.92. The Labute approximate surface area is 226 Å². The molecular formula is C30H30N6O3. The highest BCUT2D eigenvalue weighted by Crippen LogP contribution is 2.28. The van der Waals surface area contributed by atoms with E-state index in [4.69, 9.17) is 5.10 Å². The van der Waals surface area contributed by atoms with Crippen LogP contribution in [0.5, 0.6) is 0 Å². The number of nitrogens with one attached hydrogen (secondary N) is 3. The van der Waals surface area contributed by atoms with Crippen LogP contribution in [0.15, 0.2) is 78.9 Å². The first kappa shape index (κ1) is 25.7. The van der Waals surface area contributed by atoms with Crippen molar-refractivity contribution in [2.45, 2.75) is 19.8 Å². The molecule has 39 heavy (non-hydrogen) atoms. The zero-order valence-electron chi connectivity index (χ0n) is 21.9. The largest absolute Gasteiger partial charge is 0.359 e. The van der Waals surface area contributed by atoms with Crippen molar-refractivity contribution in [3.05, 3.63) is 90.1 Å². The SMILES string of the molecule is CNC(=O)CCc1cc(-c2ccc(-c3ccc(C)cc3)cc2)n(-c2ccc(NC(=O)N3CCNC3=O)cc2)n1. The molecule has 1 aliphatic heterocycles. The number of rotatable bonds is 7. The third-order valence-corrected chi connectivity index (χ3v) is 6.68. The Morgan fingerprint density at radius 2 is 1.56 bits per heavy atom. The number of carbonyl (C=O) groups excluding carboxylic acids is 3. The van der Waals surface area contributed by atoms with E-state index in [1.165, 1.54) is 5.56 Å². The average molecular weight is 523 g/mol. The van der Waals surface area contributed by atoms with E-state index in [-0.39, 0.29) is 5.91 Å². The lowest BCUT2D eigenvalue weighted by atomic mass is 10.0. The molecule has 198 valence electrons. The number of hydrogen-bond acceptors (Lipinski definition) is 4. The van der Waals surface area contributed by atoms with E-state index in [2.05, 4.69) is 71.4 Å². The van der Waals surface area contributed by atoms with Gasteiger partial charge in [-0.3, -0.25) is 4.79 Å². The van der Waals surface area contributed by atoms with Crippen LogP contribution >= 0.6 is 0 Å². The number of nitrogens with zero attached hydrogens (tertiary/aromatic N) is 3. The molecule has 5 rings (SSSR count). The first-order chi connectivity index (χ1) is 18.9. The summed E-state index contributed by atoms with van der Waals surface area (Å²) in [5, 5.41) is 12.8. The van der Waals surface area contributed by atoms with Gasteiger partial charge in [-0.05, 0) is 48.4 Å². The van der Waals surface area contributed by atoms with Gasteiger partial charge in [0.2, 0.25) is 5.91 Å². The van der Waals surface area contributed by atoms with Gasteiger partial charge in [0.15, 0.2) is 0 Å². The van der Waals surface area contributed by atoms with Crippen molar-refractivity contribution in [3.8, 4) is 28.1 Å². The molecule has 1 aliphatic rings. The zero-order chi connectivity index (χ0) is 27.4. The van der Waals surface area contributed by atoms with Crippen molar-refractivity contribution in [3.63, 3.8) is 0 Å². The van der Waals surface area contributed by atoms with Gasteiger partial charge in [0.1, 0.15) is 0 Å². The maximum atomic E-state index is 12.4. The summed E-state index contributed by atoms with van der Waals surface area (Å²) in [6.45, 7) is 2.85. The second-order valence-corrected chi connectivity index (χ2v) is 9.41. The fourth-order valence-corrected chi connectivity index (χ4v) is 4.44. The third kappa shape index (κ3) is 5.82. The van der Waals surface area contributed by atoms with Crippen LogP contribution in [0.1, 0.15) is 17.7 Å². The minimum atomic E-state index is -0.470. The summed E-state index contributed by atoms with van der Waals surface area (Å²) in [5.41, 5.74) is 7.54. The lowest BCUT2D eigenvalue weighted by Crippen LogP contribution is -2.37. The fourth-order valence-electron chi connectivity index (χ4n) is 4.44. The van der Waals surface area contributed by atoms with E-state index in [9.17, 15) is 14.4 Å². The molecule has 0 atom stereocenters. The van der Waals surface area contributed by atoms with Crippen LogP contribution in [-0.4, -0.2) is 52.8 Å². The molecule has 9 nitrogen and oxygen atoms in total. The molecule has 0 radical (unpaired) electrons. The molecule has 1 fully saturated rings. The second-order valence-electron chi connectivity index (χ2n) is 9.41. The quantitative estimate of drug-likeness (QED) is 0.325. The van der Waals surface area contributed by atoms with Crippen LogP contribution in [0, 0.1) is 6.92 Å². The number of benzene rings is 3. The van der Waals surface area contributed by atoms with Gasteiger partial charge in [0, 0.05) is 44.2 Å². The van der Waals surface area contributed by atoms with Crippen molar-refractivity contribution in [1.82, 2.24) is 25.3 Å². The maximum absolute atomic E-state index is 12.4. The van der Waals surface area contributed by atoms with Crippen LogP contribution < -0.4 is 16.0 Å². The van der Waals surface area contributed by atoms with Gasteiger partial charge < -0.3 is 16.0 Å². The molecular weight excluding hydrogens is 492 g/mol. The number of hydrogen-bond donors (Lipinski definition) is 3. The second kappa shape index (κ2) is 11.2. The number of anilines is 1. The van der Waals surface area contributed by atoms with E-state index in [0.29, 0.717) is 31.6 Å². The minimum absolute atomic E-state index is 0.0414. The van der Waals surface area contributed by atoms with Crippen LogP contribution in [-0.2, 0) is 11.2 Å². The van der Waals surface area contributed by atoms with Gasteiger partial charge in [-0.25, -0.2) is 19.2 Å². The van der Waals surface area contributed by atoms with Gasteiger partial charge in [-0.15, -0.1) is 0 Å². The first-order valence-electron chi connectivity index (χ1n) is 12.8. The van der Waals surface area contributed by atoms with E-state index < -0.39 is 12.1 Å². The molecule has 0 saturated carbocycles. The van der Waals surface area contributed by atoms with Crippen LogP contribution in [0.25, 0.3) is 28.1 Å². The van der Waals surface area contributed by atoms with Crippen molar-refractivity contribution in [1.29, 1.82) is 0 Å². The fraction of sp³-hybridized carbons (Fsp3) is 0.200. The smallest absolute Gasteiger partial charge is 0.330 e. The molecule has 1 saturated heterocycles. The van der Waals surface area contributed by atoms with E-state index in [1.807, 2.05) is 22.9 Å². The number of urea groups is 2. The molecule has 5 amide bonds. The van der Waals surface area contributed by atoms with E-state index >= 15 is 0 Å². The highest BCUT2D eigenvalue weighted by Gasteiger charge is 2.26. The summed E-state index contributed by atoms with van der Waals surface area (Å²) >= 11 is 0. The molecule has 1 aromatic heterocycles. The predicted octanol–water partition coefficient (Wildman–Crippen LogP) is 4.75. The molecule has 0 bridgehead atoms. The lowest BCUT2D eigenvalue weighted by molar-refractivity contribution is -0.120. The zero-order valence-corrected chi connectivity index (χ0v) is 21.9. The standard InChI is InChI=1S/C30H30N6O3/c1-20-3-5-21(6-4-20)22-7-9-23(10-8-22)27-19-25(13-16-28(37)31-2)34-36(27)26-14-11-24(12-15-26)33-30(39)35-18-17-32-29(35)38/h3-12,14-15,19H,13,16-18H2,1-2H3,(H,31,37)(H,32,38)(H,33,39). The molecule has 3 N–H and O–H groups in total. The van der Waals surface area contributed by atoms with Crippen LogP contribution in [0.4, 0.5) is 15.3 Å². The topological polar surface area (TPSA) is 108 Å². The van der Waals surface area contributed by atoms with Crippen molar-refractivity contribution in [2.24, 2.45) is 0 Å². The highest BCUT2D eigenvalue weighted by atomic mass is 16.2. The van der Waals surface area contributed by atoms with Crippen LogP contribution in [0.3, 0.4) is 0 Å². The van der Waals surface area contributed by atoms with Crippen LogP contribution in [0.2, 0.25) is 0 Å². The molecule has 4 aromatic rings. The monoisotopic (exact) mass is 522 g/mol. The van der Waals surface area contributed by atoms with Gasteiger partial charge >= 0.3 is 12.1 Å². The Bertz CT molecular complexity index is 1490. The van der Waals surface area contributed by atoms with Gasteiger partial charge in [-0.1, -0.05) is 54.1 Å². The molecule has 9 heteroatoms. The first-order valence-corrected chi connectivity index (χ1v) is 12.8. The summed E-state index contributed by atoms with van der Waals surface area (Å²) in [6.07, 6.45) is 0.849. The summed E-state index contributed by atoms with van der Waals surface area (Å²) in [4.78, 5) is 37.2. The average Bonchev–Trinajstić information content (AvgIpc) is 3.59. The summed E-state index contributed by atoms with van der Waals surface area (Å²) in [5.74, 6) is -0.0414. The van der Waals surface area contributed by atoms with Gasteiger partial charge in [0.25, 0.3) is 0 Å². The van der Waals surface area contributed by atoms with E-state index in [1.54, 1.807) is 19.2 Å². The van der Waals surface area contributed by atoms with Gasteiger partial charge in [0.05, 0.1) is 17.1 Å². The number of amides is 5. The van der Waals surface area contributed by atoms with Crippen molar-refractivity contribution >= 4 is 23.7 Å². The van der Waals surface area contributed by atoms with Gasteiger partial charge in [-0.2, -0.15) is 5.10 Å². The lowest BCUT2D eigenvalue weighted by Gasteiger charge is -2.14. The molecule has 2 heterocycles. The number of carbonyl (C=O) groups is 3. The third-order valence-electron chi connectivity index (χ3n) is 6.68. The Morgan fingerprint density at radius 1 is 0.923 bits per heavy atom. The number of imide groups is 1. The molecule has 3 aromatic carbocycles. The summed E-state index contributed by atoms with van der Waals surface area (Å²) in [7, 11) is 1.62. The molecule has 0 unspecified atom stereocenters. The van der Waals surface area contributed by atoms with E-state index in [0.717, 1.165) is 38.7 Å². The normalized spacial score (nSPS) is 12.8. The Kier molecular flexibility index (Phi) is 7.40. The maximum Gasteiger partial charge on any atom is 0.330 e. The summed E-state index contributed by atoms with van der Waals surface area (Å²) in [6, 6.07) is 25.2. The predicted molar refractivity (Wildman–Crippen MR) is 151 cm³/mol. The highest BCUT2D eigenvalue weighted by molar-refractivity contribution is 6.01. The Morgan fingerprint density at radius 3 is 2.18 bits per heavy atom. The Balaban J connectivity index is 1.41. The van der Waals surface area contributed by atoms with Crippen molar-refractivity contribution < 1.29 is 14.4 Å². The minimum Gasteiger partial charge on any atom is -0.359 e. The summed E-state index contributed by atoms with van der Waals surface area (Å²) < 4.78 is 1.85. The molecule has 0 spiro atoms. The van der Waals surface area contributed by atoms with Crippen molar-refractivity contribution in [2.75, 3.05) is 25.5 Å². The number of aryl methyl sites for hydroxylation is 2. The number of aromatic nitrogens is 2.